The molecule has 0 aliphatic heterocycles. The second kappa shape index (κ2) is 9.37. The van der Waals surface area contributed by atoms with Crippen molar-refractivity contribution < 1.29 is 23.9 Å². The Bertz CT molecular complexity index is 894. The minimum atomic E-state index is -0.512. The van der Waals surface area contributed by atoms with E-state index in [1.807, 2.05) is 12.1 Å². The van der Waals surface area contributed by atoms with Gasteiger partial charge < -0.3 is 14.8 Å². The first-order valence-corrected chi connectivity index (χ1v) is 9.40. The van der Waals surface area contributed by atoms with Gasteiger partial charge in [0.05, 0.1) is 13.5 Å². The van der Waals surface area contributed by atoms with Crippen molar-refractivity contribution in [3.63, 3.8) is 0 Å². The van der Waals surface area contributed by atoms with Crippen LogP contribution in [0.25, 0.3) is 0 Å². The van der Waals surface area contributed by atoms with Gasteiger partial charge in [-0.3, -0.25) is 14.4 Å². The Balaban J connectivity index is 1.88. The van der Waals surface area contributed by atoms with Gasteiger partial charge in [0.2, 0.25) is 0 Å². The predicted octanol–water partition coefficient (Wildman–Crippen LogP) is 3.92. The van der Waals surface area contributed by atoms with Crippen LogP contribution < -0.4 is 14.8 Å². The highest BCUT2D eigenvalue weighted by atomic mass is 16.6. The Labute approximate surface area is 171 Å². The van der Waals surface area contributed by atoms with Crippen molar-refractivity contribution in [3.05, 3.63) is 59.2 Å². The van der Waals surface area contributed by atoms with Crippen molar-refractivity contribution in [1.82, 2.24) is 5.32 Å². The number of carbonyl (C=O) groups excluding carboxylic acids is 3. The second-order valence-electron chi connectivity index (χ2n) is 7.73. The second-order valence-corrected chi connectivity index (χ2v) is 7.73. The van der Waals surface area contributed by atoms with E-state index < -0.39 is 5.97 Å². The van der Waals surface area contributed by atoms with Crippen LogP contribution in [0.2, 0.25) is 0 Å². The van der Waals surface area contributed by atoms with Gasteiger partial charge in [-0.15, -0.1) is 0 Å². The van der Waals surface area contributed by atoms with E-state index in [0.29, 0.717) is 16.9 Å². The fourth-order valence-electron chi connectivity index (χ4n) is 2.65. The third kappa shape index (κ3) is 6.17. The molecule has 0 bridgehead atoms. The topological polar surface area (TPSA) is 81.7 Å². The molecule has 0 heterocycles. The van der Waals surface area contributed by atoms with Gasteiger partial charge in [0, 0.05) is 17.7 Å². The van der Waals surface area contributed by atoms with Gasteiger partial charge in [-0.25, -0.2) is 0 Å². The minimum Gasteiger partial charge on any atom is -0.493 e. The molecule has 2 aromatic rings. The van der Waals surface area contributed by atoms with Crippen LogP contribution in [0.1, 0.15) is 60.4 Å². The highest BCUT2D eigenvalue weighted by molar-refractivity contribution is 5.95. The molecule has 0 aromatic heterocycles. The first-order chi connectivity index (χ1) is 13.6. The number of ether oxygens (including phenoxy) is 2. The van der Waals surface area contributed by atoms with Gasteiger partial charge in [-0.05, 0) is 48.2 Å². The molecule has 0 atom stereocenters. The number of benzene rings is 2. The summed E-state index contributed by atoms with van der Waals surface area (Å²) in [6.45, 7) is 7.91. The number of ketones is 1. The lowest BCUT2D eigenvalue weighted by atomic mass is 9.87. The molecule has 0 saturated carbocycles. The molecule has 154 valence electrons. The highest BCUT2D eigenvalue weighted by Gasteiger charge is 2.15. The van der Waals surface area contributed by atoms with Crippen LogP contribution in [0.4, 0.5) is 0 Å². The minimum absolute atomic E-state index is 0.00340. The molecule has 0 aliphatic rings. The van der Waals surface area contributed by atoms with E-state index in [9.17, 15) is 14.4 Å². The van der Waals surface area contributed by atoms with Crippen LogP contribution >= 0.6 is 0 Å². The first-order valence-electron chi connectivity index (χ1n) is 9.40. The average Bonchev–Trinajstić information content (AvgIpc) is 2.67. The van der Waals surface area contributed by atoms with Crippen LogP contribution in [-0.4, -0.2) is 31.3 Å². The van der Waals surface area contributed by atoms with E-state index in [-0.39, 0.29) is 35.8 Å². The van der Waals surface area contributed by atoms with Crippen LogP contribution in [0, 0.1) is 0 Å². The molecule has 6 nitrogen and oxygen atoms in total. The number of hydrogen-bond donors (Lipinski definition) is 1. The zero-order chi connectivity index (χ0) is 21.6. The van der Waals surface area contributed by atoms with Gasteiger partial charge >= 0.3 is 5.97 Å². The molecule has 2 rings (SSSR count). The fourth-order valence-corrected chi connectivity index (χ4v) is 2.65. The van der Waals surface area contributed by atoms with E-state index in [1.165, 1.54) is 26.2 Å². The third-order valence-electron chi connectivity index (χ3n) is 4.42. The Morgan fingerprint density at radius 3 is 2.10 bits per heavy atom. The smallest absolute Gasteiger partial charge is 0.313 e. The van der Waals surface area contributed by atoms with E-state index >= 15 is 0 Å². The van der Waals surface area contributed by atoms with Crippen LogP contribution in [0.3, 0.4) is 0 Å². The van der Waals surface area contributed by atoms with Gasteiger partial charge in [-0.2, -0.15) is 0 Å². The summed E-state index contributed by atoms with van der Waals surface area (Å²) in [6.07, 6.45) is 0.00340. The summed E-state index contributed by atoms with van der Waals surface area (Å²) in [6, 6.07) is 12.0. The van der Waals surface area contributed by atoms with Gasteiger partial charge in [0.15, 0.2) is 17.3 Å². The lowest BCUT2D eigenvalue weighted by Gasteiger charge is -2.19. The summed E-state index contributed by atoms with van der Waals surface area (Å²) >= 11 is 0. The van der Waals surface area contributed by atoms with Gasteiger partial charge in [0.25, 0.3) is 5.91 Å². The molecule has 6 heteroatoms. The third-order valence-corrected chi connectivity index (χ3v) is 4.42. The number of carbonyl (C=O) groups is 3. The van der Waals surface area contributed by atoms with Crippen LogP contribution in [0.15, 0.2) is 42.5 Å². The normalized spacial score (nSPS) is 10.9. The van der Waals surface area contributed by atoms with Crippen molar-refractivity contribution in [3.8, 4) is 11.5 Å². The number of rotatable bonds is 7. The maximum absolute atomic E-state index is 12.2. The molecule has 0 spiro atoms. The molecular weight excluding hydrogens is 370 g/mol. The molecule has 29 heavy (non-hydrogen) atoms. The van der Waals surface area contributed by atoms with E-state index in [2.05, 4.69) is 26.1 Å². The summed E-state index contributed by atoms with van der Waals surface area (Å²) in [7, 11) is 1.43. The maximum atomic E-state index is 12.2. The van der Waals surface area contributed by atoms with Crippen LogP contribution in [0.5, 0.6) is 11.5 Å². The molecule has 0 saturated heterocycles. The first kappa shape index (κ1) is 22.1. The molecule has 2 aromatic carbocycles. The molecule has 0 unspecified atom stereocenters. The van der Waals surface area contributed by atoms with Crippen molar-refractivity contribution >= 4 is 17.7 Å². The summed E-state index contributed by atoms with van der Waals surface area (Å²) < 4.78 is 10.5. The summed E-state index contributed by atoms with van der Waals surface area (Å²) in [5.41, 5.74) is 2.16. The number of nitrogens with one attached hydrogen (secondary N) is 1. The highest BCUT2D eigenvalue weighted by Crippen LogP contribution is 2.28. The van der Waals surface area contributed by atoms with E-state index in [4.69, 9.17) is 9.47 Å². The van der Waals surface area contributed by atoms with E-state index in [0.717, 1.165) is 5.56 Å². The molecule has 0 aliphatic carbocycles. The lowest BCUT2D eigenvalue weighted by molar-refractivity contribution is -0.134. The summed E-state index contributed by atoms with van der Waals surface area (Å²) in [4.78, 5) is 35.7. The lowest BCUT2D eigenvalue weighted by Crippen LogP contribution is -2.27. The van der Waals surface area contributed by atoms with Crippen LogP contribution in [-0.2, 0) is 10.2 Å². The van der Waals surface area contributed by atoms with Crippen molar-refractivity contribution in [2.45, 2.75) is 39.5 Å². The Morgan fingerprint density at radius 1 is 0.931 bits per heavy atom. The molecule has 1 amide bonds. The van der Waals surface area contributed by atoms with Crippen molar-refractivity contribution in [2.24, 2.45) is 0 Å². The number of Topliss-reactive ketones (excluding diaryl/α,β-unsaturated/α-hetero) is 1. The standard InChI is InChI=1S/C23H27NO5/c1-15(25)17-8-11-19(20(14-17)28-5)29-21(26)12-13-24-22(27)16-6-9-18(10-7-16)23(2,3)4/h6-11,14H,12-13H2,1-5H3,(H,24,27). The predicted molar refractivity (Wildman–Crippen MR) is 111 cm³/mol. The fraction of sp³-hybridized carbons (Fsp3) is 0.348. The SMILES string of the molecule is COc1cc(C(C)=O)ccc1OC(=O)CCNC(=O)c1ccc(C(C)(C)C)cc1. The number of amides is 1. The quantitative estimate of drug-likeness (QED) is 0.435. The zero-order valence-electron chi connectivity index (χ0n) is 17.5. The monoisotopic (exact) mass is 397 g/mol. The molecule has 0 radical (unpaired) electrons. The van der Waals surface area contributed by atoms with Crippen molar-refractivity contribution in [2.75, 3.05) is 13.7 Å². The number of methoxy groups -OCH3 is 1. The number of hydrogen-bond acceptors (Lipinski definition) is 5. The van der Waals surface area contributed by atoms with E-state index in [1.54, 1.807) is 18.2 Å². The summed E-state index contributed by atoms with van der Waals surface area (Å²) in [5.74, 6) is -0.344. The average molecular weight is 397 g/mol. The Kier molecular flexibility index (Phi) is 7.15. The summed E-state index contributed by atoms with van der Waals surface area (Å²) in [5, 5.41) is 2.71. The van der Waals surface area contributed by atoms with Gasteiger partial charge in [-0.1, -0.05) is 32.9 Å². The van der Waals surface area contributed by atoms with Crippen molar-refractivity contribution in [1.29, 1.82) is 0 Å². The Hall–Kier alpha value is -3.15. The molecule has 0 fully saturated rings. The molecular formula is C23H27NO5. The number of esters is 1. The molecule has 1 N–H and O–H groups in total. The largest absolute Gasteiger partial charge is 0.493 e. The maximum Gasteiger partial charge on any atom is 0.313 e. The Morgan fingerprint density at radius 2 is 1.55 bits per heavy atom. The zero-order valence-corrected chi connectivity index (χ0v) is 17.5. The van der Waals surface area contributed by atoms with Gasteiger partial charge in [0.1, 0.15) is 0 Å².